The van der Waals surface area contributed by atoms with Crippen LogP contribution < -0.4 is 25.5 Å². The molecule has 0 fully saturated rings. The van der Waals surface area contributed by atoms with Gasteiger partial charge in [0.15, 0.2) is 0 Å². The van der Waals surface area contributed by atoms with Crippen LogP contribution in [0.25, 0.3) is 20.9 Å². The predicted molar refractivity (Wildman–Crippen MR) is 173 cm³/mol. The van der Waals surface area contributed by atoms with Gasteiger partial charge >= 0.3 is 0 Å². The molecule has 0 unspecified atom stereocenters. The first-order valence-electron chi connectivity index (χ1n) is 13.7. The summed E-state index contributed by atoms with van der Waals surface area (Å²) in [6.07, 6.45) is 0. The zero-order valence-electron chi connectivity index (χ0n) is 21.7. The van der Waals surface area contributed by atoms with E-state index in [0.29, 0.717) is 0 Å². The maximum Gasteiger partial charge on any atom is 0.264 e. The summed E-state index contributed by atoms with van der Waals surface area (Å²) >= 11 is 1.97. The summed E-state index contributed by atoms with van der Waals surface area (Å²) in [6.45, 7) is 0.161. The monoisotopic (exact) mass is 526 g/mol. The van der Waals surface area contributed by atoms with Gasteiger partial charge in [-0.25, -0.2) is 0 Å². The van der Waals surface area contributed by atoms with E-state index in [1.807, 2.05) is 11.3 Å². The van der Waals surface area contributed by atoms with E-state index in [1.54, 1.807) is 0 Å². The molecule has 0 aliphatic carbocycles. The summed E-state index contributed by atoms with van der Waals surface area (Å²) in [7, 11) is 0. The average Bonchev–Trinajstić information content (AvgIpc) is 3.41. The predicted octanol–water partition coefficient (Wildman–Crippen LogP) is 8.14. The third kappa shape index (κ3) is 2.94. The number of anilines is 6. The molecule has 0 radical (unpaired) electrons. The first-order valence-corrected chi connectivity index (χ1v) is 14.6. The van der Waals surface area contributed by atoms with Gasteiger partial charge in [-0.2, -0.15) is 0 Å². The molecule has 7 aromatic rings. The average molecular weight is 526 g/mol. The van der Waals surface area contributed by atoms with Gasteiger partial charge in [0.05, 0.1) is 5.69 Å². The van der Waals surface area contributed by atoms with Crippen LogP contribution >= 0.6 is 11.3 Å². The Morgan fingerprint density at radius 2 is 1.10 bits per heavy atom. The zero-order chi connectivity index (χ0) is 26.2. The molecule has 2 nitrogen and oxygen atoms in total. The Morgan fingerprint density at radius 1 is 0.475 bits per heavy atom. The number of para-hydroxylation sites is 3. The van der Waals surface area contributed by atoms with Gasteiger partial charge in [0.25, 0.3) is 6.71 Å². The standard InChI is InChI=1S/C36H23BN2S/c1-3-13-25(14-4-1)38-30-19-10-9-18-29(30)37-33-31(38)20-11-21-32(33)39(26-15-5-2-6-16-26)34-28-23-22-24-12-7-8-17-27(24)35(28)40-36(34)37/h1-23H. The fourth-order valence-corrected chi connectivity index (χ4v) is 8.25. The van der Waals surface area contributed by atoms with Gasteiger partial charge in [-0.1, -0.05) is 97.1 Å². The largest absolute Gasteiger partial charge is 0.311 e. The van der Waals surface area contributed by atoms with Gasteiger partial charge < -0.3 is 9.80 Å². The molecule has 2 aliphatic heterocycles. The highest BCUT2D eigenvalue weighted by Crippen LogP contribution is 2.48. The van der Waals surface area contributed by atoms with Crippen molar-refractivity contribution < 1.29 is 0 Å². The quantitative estimate of drug-likeness (QED) is 0.210. The second-order valence-corrected chi connectivity index (χ2v) is 11.6. The smallest absolute Gasteiger partial charge is 0.264 e. The highest BCUT2D eigenvalue weighted by atomic mass is 32.1. The molecular formula is C36H23BN2S. The highest BCUT2D eigenvalue weighted by molar-refractivity contribution is 7.34. The van der Waals surface area contributed by atoms with Crippen LogP contribution in [0.15, 0.2) is 140 Å². The van der Waals surface area contributed by atoms with Crippen molar-refractivity contribution in [1.29, 1.82) is 0 Å². The number of nitrogens with zero attached hydrogens (tertiary/aromatic N) is 2. The molecule has 0 bridgehead atoms. The van der Waals surface area contributed by atoms with E-state index in [0.717, 1.165) is 0 Å². The number of rotatable bonds is 2. The van der Waals surface area contributed by atoms with E-state index in [1.165, 1.54) is 70.7 Å². The second kappa shape index (κ2) is 8.35. The Morgan fingerprint density at radius 3 is 1.90 bits per heavy atom. The Labute approximate surface area is 237 Å². The molecule has 0 saturated heterocycles. The molecule has 186 valence electrons. The normalized spacial score (nSPS) is 13.3. The fourth-order valence-electron chi connectivity index (χ4n) is 6.80. The van der Waals surface area contributed by atoms with Crippen molar-refractivity contribution in [1.82, 2.24) is 0 Å². The molecule has 0 amide bonds. The molecule has 3 heterocycles. The van der Waals surface area contributed by atoms with E-state index in [4.69, 9.17) is 0 Å². The maximum atomic E-state index is 2.51. The summed E-state index contributed by atoms with van der Waals surface area (Å²) < 4.78 is 2.77. The molecule has 9 rings (SSSR count). The SMILES string of the molecule is c1ccc(N2c3ccccc3B3c4sc5c(ccc6ccccc65)c4N(c4ccccc4)c4cccc2c43)cc1. The summed E-state index contributed by atoms with van der Waals surface area (Å²) in [6, 6.07) is 50.9. The van der Waals surface area contributed by atoms with E-state index in [-0.39, 0.29) is 6.71 Å². The van der Waals surface area contributed by atoms with Crippen molar-refractivity contribution in [2.24, 2.45) is 0 Å². The lowest BCUT2D eigenvalue weighted by molar-refractivity contribution is 1.26. The Bertz CT molecular complexity index is 2080. The lowest BCUT2D eigenvalue weighted by atomic mass is 9.36. The van der Waals surface area contributed by atoms with Gasteiger partial charge in [0, 0.05) is 43.3 Å². The van der Waals surface area contributed by atoms with Gasteiger partial charge in [-0.3, -0.25) is 0 Å². The third-order valence-corrected chi connectivity index (χ3v) is 9.71. The summed E-state index contributed by atoms with van der Waals surface area (Å²) in [4.78, 5) is 4.96. The molecule has 4 heteroatoms. The van der Waals surface area contributed by atoms with Crippen LogP contribution in [0, 0.1) is 0 Å². The lowest BCUT2D eigenvalue weighted by Gasteiger charge is -2.43. The van der Waals surface area contributed by atoms with E-state index in [2.05, 4.69) is 149 Å². The second-order valence-electron chi connectivity index (χ2n) is 10.5. The molecule has 6 aromatic carbocycles. The van der Waals surface area contributed by atoms with Crippen molar-refractivity contribution in [2.45, 2.75) is 0 Å². The Balaban J connectivity index is 1.43. The van der Waals surface area contributed by atoms with Crippen LogP contribution in [-0.4, -0.2) is 6.71 Å². The van der Waals surface area contributed by atoms with Gasteiger partial charge in [-0.05, 0) is 64.2 Å². The molecule has 0 N–H and O–H groups in total. The molecular weight excluding hydrogens is 503 g/mol. The first kappa shape index (κ1) is 22.1. The molecule has 1 aromatic heterocycles. The van der Waals surface area contributed by atoms with Crippen LogP contribution in [0.2, 0.25) is 0 Å². The van der Waals surface area contributed by atoms with Crippen LogP contribution in [-0.2, 0) is 0 Å². The van der Waals surface area contributed by atoms with E-state index in [9.17, 15) is 0 Å². The van der Waals surface area contributed by atoms with Crippen LogP contribution in [0.3, 0.4) is 0 Å². The van der Waals surface area contributed by atoms with Gasteiger partial charge in [-0.15, -0.1) is 11.3 Å². The number of thiophene rings is 1. The van der Waals surface area contributed by atoms with Crippen molar-refractivity contribution in [2.75, 3.05) is 9.80 Å². The lowest BCUT2D eigenvalue weighted by Crippen LogP contribution is -2.60. The fraction of sp³-hybridized carbons (Fsp3) is 0. The number of hydrogen-bond donors (Lipinski definition) is 0. The third-order valence-electron chi connectivity index (χ3n) is 8.41. The van der Waals surface area contributed by atoms with Crippen LogP contribution in [0.4, 0.5) is 34.1 Å². The number of benzene rings is 6. The van der Waals surface area contributed by atoms with Crippen molar-refractivity contribution >= 4 is 88.7 Å². The minimum absolute atomic E-state index is 0.161. The maximum absolute atomic E-state index is 2.51. The summed E-state index contributed by atoms with van der Waals surface area (Å²) in [5.41, 5.74) is 10.2. The van der Waals surface area contributed by atoms with E-state index < -0.39 is 0 Å². The zero-order valence-corrected chi connectivity index (χ0v) is 22.5. The van der Waals surface area contributed by atoms with Gasteiger partial charge in [0.1, 0.15) is 0 Å². The molecule has 40 heavy (non-hydrogen) atoms. The summed E-state index contributed by atoms with van der Waals surface area (Å²) in [5, 5.41) is 3.94. The van der Waals surface area contributed by atoms with Crippen LogP contribution in [0.1, 0.15) is 0 Å². The molecule has 0 saturated carbocycles. The highest BCUT2D eigenvalue weighted by Gasteiger charge is 2.44. The van der Waals surface area contributed by atoms with E-state index >= 15 is 0 Å². The minimum atomic E-state index is 0.161. The van der Waals surface area contributed by atoms with Crippen molar-refractivity contribution in [3.05, 3.63) is 140 Å². The molecule has 2 aliphatic rings. The number of fused-ring (bicyclic) bond motifs is 8. The molecule has 0 spiro atoms. The summed E-state index contributed by atoms with van der Waals surface area (Å²) in [5.74, 6) is 0. The van der Waals surface area contributed by atoms with Gasteiger partial charge in [0.2, 0.25) is 0 Å². The molecule has 0 atom stereocenters. The van der Waals surface area contributed by atoms with Crippen molar-refractivity contribution in [3.63, 3.8) is 0 Å². The van der Waals surface area contributed by atoms with Crippen LogP contribution in [0.5, 0.6) is 0 Å². The Kier molecular flexibility index (Phi) is 4.61. The topological polar surface area (TPSA) is 6.48 Å². The minimum Gasteiger partial charge on any atom is -0.311 e. The van der Waals surface area contributed by atoms with Crippen molar-refractivity contribution in [3.8, 4) is 0 Å². The first-order chi connectivity index (χ1) is 19.9. The number of hydrogen-bond acceptors (Lipinski definition) is 3. The Hall–Kier alpha value is -4.80.